The first kappa shape index (κ1) is 9.14. The van der Waals surface area contributed by atoms with Crippen LogP contribution >= 0.6 is 15.9 Å². The van der Waals surface area contributed by atoms with E-state index in [2.05, 4.69) is 25.9 Å². The number of carbonyl (C=O) groups is 1. The first-order chi connectivity index (χ1) is 6.61. The molecule has 0 unspecified atom stereocenters. The van der Waals surface area contributed by atoms with E-state index in [4.69, 9.17) is 5.73 Å². The van der Waals surface area contributed by atoms with Gasteiger partial charge >= 0.3 is 0 Å². The summed E-state index contributed by atoms with van der Waals surface area (Å²) >= 11 is 2.93. The van der Waals surface area contributed by atoms with Crippen molar-refractivity contribution >= 4 is 32.9 Å². The highest BCUT2D eigenvalue weighted by atomic mass is 79.9. The lowest BCUT2D eigenvalue weighted by Gasteiger charge is -2.01. The zero-order valence-corrected chi connectivity index (χ0v) is 8.43. The molecular weight excluding hydrogens is 253 g/mol. The lowest BCUT2D eigenvalue weighted by atomic mass is 10.2. The van der Waals surface area contributed by atoms with Gasteiger partial charge in [-0.3, -0.25) is 4.79 Å². The molecule has 0 aromatic carbocycles. The van der Waals surface area contributed by atoms with Gasteiger partial charge in [0.2, 0.25) is 0 Å². The van der Waals surface area contributed by atoms with Crippen LogP contribution in [0.25, 0.3) is 11.0 Å². The highest BCUT2D eigenvalue weighted by Gasteiger charge is 2.16. The Balaban J connectivity index is 2.87. The molecule has 0 saturated carbocycles. The highest BCUT2D eigenvalue weighted by molar-refractivity contribution is 9.10. The standard InChI is InChI=1S/C8H5BrFN3O/c9-4-5(10)3-1-2-12-8(3)13-6(4)7(11)14/h1-2H,(H2,11,14)(H,12,13). The summed E-state index contributed by atoms with van der Waals surface area (Å²) in [6, 6.07) is 1.53. The molecule has 2 aromatic heterocycles. The Hall–Kier alpha value is -1.43. The van der Waals surface area contributed by atoms with Gasteiger partial charge in [-0.1, -0.05) is 0 Å². The van der Waals surface area contributed by atoms with Crippen LogP contribution in [0.3, 0.4) is 0 Å². The fraction of sp³-hybridized carbons (Fsp3) is 0. The van der Waals surface area contributed by atoms with Crippen molar-refractivity contribution in [2.24, 2.45) is 5.73 Å². The summed E-state index contributed by atoms with van der Waals surface area (Å²) in [4.78, 5) is 17.5. The van der Waals surface area contributed by atoms with Crippen LogP contribution in [0.5, 0.6) is 0 Å². The molecule has 1 amide bonds. The number of hydrogen-bond donors (Lipinski definition) is 2. The molecule has 72 valence electrons. The predicted octanol–water partition coefficient (Wildman–Crippen LogP) is 1.56. The molecule has 0 aliphatic carbocycles. The Kier molecular flexibility index (Phi) is 1.99. The van der Waals surface area contributed by atoms with Gasteiger partial charge in [0.1, 0.15) is 11.3 Å². The summed E-state index contributed by atoms with van der Waals surface area (Å²) in [6.07, 6.45) is 1.54. The molecule has 2 aromatic rings. The molecular formula is C8H5BrFN3O. The first-order valence-corrected chi connectivity index (χ1v) is 4.52. The SMILES string of the molecule is NC(=O)c1nc2[nH]ccc2c(F)c1Br. The van der Waals surface area contributed by atoms with Gasteiger partial charge in [-0.25, -0.2) is 9.37 Å². The molecule has 14 heavy (non-hydrogen) atoms. The number of nitrogens with one attached hydrogen (secondary N) is 1. The van der Waals surface area contributed by atoms with E-state index in [1.807, 2.05) is 0 Å². The van der Waals surface area contributed by atoms with E-state index in [1.165, 1.54) is 12.3 Å². The van der Waals surface area contributed by atoms with E-state index in [0.29, 0.717) is 11.0 Å². The van der Waals surface area contributed by atoms with Crippen LogP contribution < -0.4 is 5.73 Å². The van der Waals surface area contributed by atoms with Crippen molar-refractivity contribution in [1.29, 1.82) is 0 Å². The van der Waals surface area contributed by atoms with Crippen LogP contribution in [0, 0.1) is 5.82 Å². The Labute approximate surface area is 86.4 Å². The summed E-state index contributed by atoms with van der Waals surface area (Å²) < 4.78 is 13.5. The van der Waals surface area contributed by atoms with Gasteiger partial charge in [0.05, 0.1) is 9.86 Å². The highest BCUT2D eigenvalue weighted by Crippen LogP contribution is 2.25. The number of hydrogen-bond acceptors (Lipinski definition) is 2. The monoisotopic (exact) mass is 257 g/mol. The average molecular weight is 258 g/mol. The topological polar surface area (TPSA) is 71.8 Å². The normalized spacial score (nSPS) is 10.7. The third-order valence-corrected chi connectivity index (χ3v) is 2.54. The van der Waals surface area contributed by atoms with Crippen molar-refractivity contribution < 1.29 is 9.18 Å². The van der Waals surface area contributed by atoms with Gasteiger partial charge in [0.25, 0.3) is 5.91 Å². The molecule has 0 saturated heterocycles. The Bertz CT molecular complexity index is 523. The van der Waals surface area contributed by atoms with Crippen LogP contribution in [0.4, 0.5) is 4.39 Å². The zero-order valence-electron chi connectivity index (χ0n) is 6.84. The first-order valence-electron chi connectivity index (χ1n) is 3.73. The van der Waals surface area contributed by atoms with Crippen molar-refractivity contribution in [3.05, 3.63) is 28.2 Å². The summed E-state index contributed by atoms with van der Waals surface area (Å²) in [5.41, 5.74) is 5.22. The maximum atomic E-state index is 13.5. The van der Waals surface area contributed by atoms with Gasteiger partial charge in [-0.05, 0) is 22.0 Å². The maximum absolute atomic E-state index is 13.5. The number of carbonyl (C=O) groups excluding carboxylic acids is 1. The number of aromatic amines is 1. The van der Waals surface area contributed by atoms with Crippen molar-refractivity contribution in [3.63, 3.8) is 0 Å². The molecule has 0 spiro atoms. The molecule has 0 radical (unpaired) electrons. The summed E-state index contributed by atoms with van der Waals surface area (Å²) in [7, 11) is 0. The van der Waals surface area contributed by atoms with E-state index in [1.54, 1.807) is 0 Å². The zero-order chi connectivity index (χ0) is 10.3. The number of nitrogens with two attached hydrogens (primary N) is 1. The Morgan fingerprint density at radius 1 is 1.64 bits per heavy atom. The number of rotatable bonds is 1. The quantitative estimate of drug-likeness (QED) is 0.814. The molecule has 2 rings (SSSR count). The van der Waals surface area contributed by atoms with E-state index in [9.17, 15) is 9.18 Å². The van der Waals surface area contributed by atoms with Crippen LogP contribution in [0.2, 0.25) is 0 Å². The van der Waals surface area contributed by atoms with E-state index in [0.717, 1.165) is 0 Å². The number of halogens is 2. The minimum absolute atomic E-state index is 0.00269. The smallest absolute Gasteiger partial charge is 0.268 e. The molecule has 4 nitrogen and oxygen atoms in total. The van der Waals surface area contributed by atoms with Gasteiger partial charge in [0, 0.05) is 6.20 Å². The van der Waals surface area contributed by atoms with Crippen molar-refractivity contribution in [2.75, 3.05) is 0 Å². The predicted molar refractivity (Wildman–Crippen MR) is 52.3 cm³/mol. The van der Waals surface area contributed by atoms with E-state index in [-0.39, 0.29) is 10.2 Å². The molecule has 0 atom stereocenters. The number of fused-ring (bicyclic) bond motifs is 1. The van der Waals surface area contributed by atoms with Crippen molar-refractivity contribution in [2.45, 2.75) is 0 Å². The Morgan fingerprint density at radius 3 is 3.00 bits per heavy atom. The minimum atomic E-state index is -0.771. The second-order valence-electron chi connectivity index (χ2n) is 2.69. The van der Waals surface area contributed by atoms with E-state index >= 15 is 0 Å². The molecule has 0 aliphatic heterocycles. The molecule has 6 heteroatoms. The number of primary amides is 1. The second-order valence-corrected chi connectivity index (χ2v) is 3.49. The number of H-pyrrole nitrogens is 1. The summed E-state index contributed by atoms with van der Waals surface area (Å²) in [5.74, 6) is -1.31. The Morgan fingerprint density at radius 2 is 2.36 bits per heavy atom. The molecule has 0 bridgehead atoms. The van der Waals surface area contributed by atoms with Gasteiger partial charge < -0.3 is 10.7 Å². The molecule has 2 heterocycles. The van der Waals surface area contributed by atoms with Gasteiger partial charge in [-0.2, -0.15) is 0 Å². The average Bonchev–Trinajstić information content (AvgIpc) is 2.58. The fourth-order valence-corrected chi connectivity index (χ4v) is 1.67. The fourth-order valence-electron chi connectivity index (χ4n) is 1.18. The third-order valence-electron chi connectivity index (χ3n) is 1.82. The number of amides is 1. The van der Waals surface area contributed by atoms with Gasteiger partial charge in [0.15, 0.2) is 5.82 Å². The van der Waals surface area contributed by atoms with Crippen molar-refractivity contribution in [1.82, 2.24) is 9.97 Å². The maximum Gasteiger partial charge on any atom is 0.268 e. The molecule has 3 N–H and O–H groups in total. The van der Waals surface area contributed by atoms with Crippen LogP contribution in [-0.2, 0) is 0 Å². The number of nitrogens with zero attached hydrogens (tertiary/aromatic N) is 1. The summed E-state index contributed by atoms with van der Waals surface area (Å²) in [6.45, 7) is 0. The lowest BCUT2D eigenvalue weighted by molar-refractivity contribution is 0.0994. The van der Waals surface area contributed by atoms with Crippen LogP contribution in [0.15, 0.2) is 16.7 Å². The molecule has 0 fully saturated rings. The number of pyridine rings is 1. The van der Waals surface area contributed by atoms with E-state index < -0.39 is 11.7 Å². The second kappa shape index (κ2) is 3.06. The third kappa shape index (κ3) is 1.19. The van der Waals surface area contributed by atoms with Crippen molar-refractivity contribution in [3.8, 4) is 0 Å². The minimum Gasteiger partial charge on any atom is -0.364 e. The summed E-state index contributed by atoms with van der Waals surface area (Å²) in [5, 5.41) is 0.321. The molecule has 0 aliphatic rings. The van der Waals surface area contributed by atoms with Gasteiger partial charge in [-0.15, -0.1) is 0 Å². The largest absolute Gasteiger partial charge is 0.364 e. The lowest BCUT2D eigenvalue weighted by Crippen LogP contribution is -2.14. The van der Waals surface area contributed by atoms with Crippen LogP contribution in [0.1, 0.15) is 10.5 Å². The van der Waals surface area contributed by atoms with Crippen LogP contribution in [-0.4, -0.2) is 15.9 Å². The number of aromatic nitrogens is 2.